The van der Waals surface area contributed by atoms with Crippen LogP contribution in [0.25, 0.3) is 0 Å². The number of hydrogen-bond donors (Lipinski definition) is 2. The van der Waals surface area contributed by atoms with E-state index < -0.39 is 0 Å². The zero-order valence-corrected chi connectivity index (χ0v) is 12.6. The quantitative estimate of drug-likeness (QED) is 0.827. The molecular formula is C15H24N4O2. The molecule has 1 aromatic rings. The third-order valence-corrected chi connectivity index (χ3v) is 3.87. The highest BCUT2D eigenvalue weighted by atomic mass is 16.3. The standard InChI is InChI=1S/C15H24N4O2/c1-2-16-15(21)13-8-9-14(18-17-13)19(10-11-20)12-6-4-3-5-7-12/h8-9,12,20H,2-7,10-11H2,1H3,(H,16,21). The first-order valence-electron chi connectivity index (χ1n) is 7.75. The number of amides is 1. The molecule has 0 saturated heterocycles. The SMILES string of the molecule is CCNC(=O)c1ccc(N(CCO)C2CCCCC2)nn1. The van der Waals surface area contributed by atoms with Crippen LogP contribution in [-0.4, -0.2) is 46.9 Å². The topological polar surface area (TPSA) is 78.4 Å². The first kappa shape index (κ1) is 15.7. The van der Waals surface area contributed by atoms with Gasteiger partial charge >= 0.3 is 0 Å². The van der Waals surface area contributed by atoms with Crippen molar-refractivity contribution < 1.29 is 9.90 Å². The Bertz CT molecular complexity index is 443. The molecule has 0 radical (unpaired) electrons. The summed E-state index contributed by atoms with van der Waals surface area (Å²) in [6.07, 6.45) is 5.97. The van der Waals surface area contributed by atoms with Crippen LogP contribution in [0.15, 0.2) is 12.1 Å². The number of aliphatic hydroxyl groups is 1. The molecule has 1 saturated carbocycles. The minimum absolute atomic E-state index is 0.0935. The van der Waals surface area contributed by atoms with Gasteiger partial charge in [0, 0.05) is 19.1 Å². The maximum absolute atomic E-state index is 11.7. The predicted molar refractivity (Wildman–Crippen MR) is 81.3 cm³/mol. The summed E-state index contributed by atoms with van der Waals surface area (Å²) in [6.45, 7) is 3.09. The Labute approximate surface area is 125 Å². The third kappa shape index (κ3) is 4.14. The van der Waals surface area contributed by atoms with Crippen LogP contribution < -0.4 is 10.2 Å². The van der Waals surface area contributed by atoms with Crippen molar-refractivity contribution in [3.8, 4) is 0 Å². The number of carbonyl (C=O) groups is 1. The van der Waals surface area contributed by atoms with Crippen LogP contribution >= 0.6 is 0 Å². The first-order valence-corrected chi connectivity index (χ1v) is 7.75. The van der Waals surface area contributed by atoms with Crippen molar-refractivity contribution >= 4 is 11.7 Å². The van der Waals surface area contributed by atoms with Crippen molar-refractivity contribution in [2.45, 2.75) is 45.1 Å². The summed E-state index contributed by atoms with van der Waals surface area (Å²) < 4.78 is 0. The van der Waals surface area contributed by atoms with E-state index in [1.54, 1.807) is 6.07 Å². The van der Waals surface area contributed by atoms with E-state index in [0.29, 0.717) is 24.8 Å². The molecule has 6 heteroatoms. The molecule has 1 aliphatic rings. The highest BCUT2D eigenvalue weighted by Gasteiger charge is 2.22. The van der Waals surface area contributed by atoms with Gasteiger partial charge in [0.2, 0.25) is 0 Å². The summed E-state index contributed by atoms with van der Waals surface area (Å²) in [6, 6.07) is 3.93. The van der Waals surface area contributed by atoms with Crippen molar-refractivity contribution in [3.05, 3.63) is 17.8 Å². The molecule has 116 valence electrons. The first-order chi connectivity index (χ1) is 10.3. The van der Waals surface area contributed by atoms with Crippen LogP contribution in [-0.2, 0) is 0 Å². The van der Waals surface area contributed by atoms with E-state index in [-0.39, 0.29) is 12.5 Å². The van der Waals surface area contributed by atoms with E-state index in [9.17, 15) is 9.90 Å². The molecule has 0 spiro atoms. The Morgan fingerprint density at radius 3 is 2.67 bits per heavy atom. The zero-order valence-electron chi connectivity index (χ0n) is 12.6. The number of anilines is 1. The monoisotopic (exact) mass is 292 g/mol. The van der Waals surface area contributed by atoms with Gasteiger partial charge in [-0.15, -0.1) is 10.2 Å². The number of nitrogens with one attached hydrogen (secondary N) is 1. The lowest BCUT2D eigenvalue weighted by molar-refractivity contribution is 0.0950. The predicted octanol–water partition coefficient (Wildman–Crippen LogP) is 1.36. The number of nitrogens with zero attached hydrogens (tertiary/aromatic N) is 3. The maximum atomic E-state index is 11.7. The third-order valence-electron chi connectivity index (χ3n) is 3.87. The second kappa shape index (κ2) is 7.93. The Hall–Kier alpha value is -1.69. The molecule has 1 aromatic heterocycles. The second-order valence-electron chi connectivity index (χ2n) is 5.35. The molecule has 2 N–H and O–H groups in total. The van der Waals surface area contributed by atoms with Gasteiger partial charge in [0.15, 0.2) is 11.5 Å². The summed E-state index contributed by atoms with van der Waals surface area (Å²) in [5, 5.41) is 20.2. The van der Waals surface area contributed by atoms with Gasteiger partial charge in [-0.05, 0) is 31.9 Å². The van der Waals surface area contributed by atoms with Gasteiger partial charge in [-0.3, -0.25) is 4.79 Å². The molecule has 21 heavy (non-hydrogen) atoms. The summed E-state index contributed by atoms with van der Waals surface area (Å²) in [7, 11) is 0. The van der Waals surface area contributed by atoms with Crippen LogP contribution in [0, 0.1) is 0 Å². The van der Waals surface area contributed by atoms with E-state index in [0.717, 1.165) is 18.7 Å². The molecule has 1 amide bonds. The lowest BCUT2D eigenvalue weighted by Crippen LogP contribution is -2.39. The average Bonchev–Trinajstić information content (AvgIpc) is 2.54. The van der Waals surface area contributed by atoms with E-state index in [1.807, 2.05) is 13.0 Å². The van der Waals surface area contributed by atoms with E-state index in [4.69, 9.17) is 0 Å². The fraction of sp³-hybridized carbons (Fsp3) is 0.667. The smallest absolute Gasteiger partial charge is 0.271 e. The lowest BCUT2D eigenvalue weighted by atomic mass is 9.94. The van der Waals surface area contributed by atoms with Crippen molar-refractivity contribution in [1.82, 2.24) is 15.5 Å². The zero-order chi connectivity index (χ0) is 15.1. The van der Waals surface area contributed by atoms with Crippen molar-refractivity contribution in [2.24, 2.45) is 0 Å². The molecule has 6 nitrogen and oxygen atoms in total. The van der Waals surface area contributed by atoms with Crippen LogP contribution in [0.4, 0.5) is 5.82 Å². The van der Waals surface area contributed by atoms with Gasteiger partial charge in [0.25, 0.3) is 5.91 Å². The van der Waals surface area contributed by atoms with E-state index in [1.165, 1.54) is 19.3 Å². The maximum Gasteiger partial charge on any atom is 0.271 e. The molecule has 2 rings (SSSR count). The van der Waals surface area contributed by atoms with Gasteiger partial charge in [0.05, 0.1) is 6.61 Å². The molecule has 0 bridgehead atoms. The van der Waals surface area contributed by atoms with Gasteiger partial charge in [-0.25, -0.2) is 0 Å². The van der Waals surface area contributed by atoms with Crippen molar-refractivity contribution in [2.75, 3.05) is 24.6 Å². The number of carbonyl (C=O) groups excluding carboxylic acids is 1. The molecule has 0 aromatic carbocycles. The molecule has 1 fully saturated rings. The minimum Gasteiger partial charge on any atom is -0.395 e. The average molecular weight is 292 g/mol. The van der Waals surface area contributed by atoms with E-state index >= 15 is 0 Å². The minimum atomic E-state index is -0.206. The van der Waals surface area contributed by atoms with Crippen molar-refractivity contribution in [3.63, 3.8) is 0 Å². The largest absolute Gasteiger partial charge is 0.395 e. The van der Waals surface area contributed by atoms with Crippen LogP contribution in [0.2, 0.25) is 0 Å². The Balaban J connectivity index is 2.10. The van der Waals surface area contributed by atoms with Crippen LogP contribution in [0.1, 0.15) is 49.5 Å². The molecule has 0 aliphatic heterocycles. The molecular weight excluding hydrogens is 268 g/mol. The van der Waals surface area contributed by atoms with E-state index in [2.05, 4.69) is 20.4 Å². The molecule has 0 atom stereocenters. The van der Waals surface area contributed by atoms with Crippen LogP contribution in [0.3, 0.4) is 0 Å². The Morgan fingerprint density at radius 1 is 1.33 bits per heavy atom. The molecule has 1 aliphatic carbocycles. The number of rotatable bonds is 6. The van der Waals surface area contributed by atoms with Gasteiger partial charge in [-0.1, -0.05) is 19.3 Å². The summed E-state index contributed by atoms with van der Waals surface area (Å²) in [4.78, 5) is 13.8. The second-order valence-corrected chi connectivity index (χ2v) is 5.35. The summed E-state index contributed by atoms with van der Waals surface area (Å²) in [5.41, 5.74) is 0.327. The fourth-order valence-electron chi connectivity index (χ4n) is 2.84. The van der Waals surface area contributed by atoms with Crippen molar-refractivity contribution in [1.29, 1.82) is 0 Å². The van der Waals surface area contributed by atoms with Gasteiger partial charge < -0.3 is 15.3 Å². The van der Waals surface area contributed by atoms with Gasteiger partial charge in [-0.2, -0.15) is 0 Å². The number of aromatic nitrogens is 2. The lowest BCUT2D eigenvalue weighted by Gasteiger charge is -2.34. The fourth-order valence-corrected chi connectivity index (χ4v) is 2.84. The highest BCUT2D eigenvalue weighted by molar-refractivity contribution is 5.92. The van der Waals surface area contributed by atoms with Crippen LogP contribution in [0.5, 0.6) is 0 Å². The number of aliphatic hydroxyl groups excluding tert-OH is 1. The highest BCUT2D eigenvalue weighted by Crippen LogP contribution is 2.25. The Kier molecular flexibility index (Phi) is 5.92. The molecule has 1 heterocycles. The van der Waals surface area contributed by atoms with Gasteiger partial charge in [0.1, 0.15) is 0 Å². The summed E-state index contributed by atoms with van der Waals surface area (Å²) >= 11 is 0. The normalized spacial score (nSPS) is 15.7. The number of hydrogen-bond acceptors (Lipinski definition) is 5. The summed E-state index contributed by atoms with van der Waals surface area (Å²) in [5.74, 6) is 0.534. The molecule has 0 unspecified atom stereocenters. The Morgan fingerprint density at radius 2 is 2.10 bits per heavy atom.